The first-order valence-corrected chi connectivity index (χ1v) is 6.01. The van der Waals surface area contributed by atoms with Gasteiger partial charge in [0.05, 0.1) is 12.6 Å². The highest BCUT2D eigenvalue weighted by Gasteiger charge is 2.27. The van der Waals surface area contributed by atoms with E-state index in [9.17, 15) is 0 Å². The molecule has 1 aromatic heterocycles. The van der Waals surface area contributed by atoms with Crippen molar-refractivity contribution in [3.63, 3.8) is 0 Å². The minimum absolute atomic E-state index is 0.383. The van der Waals surface area contributed by atoms with Crippen LogP contribution < -0.4 is 4.90 Å². The number of ether oxygens (including phenoxy) is 1. The zero-order valence-corrected chi connectivity index (χ0v) is 10.2. The van der Waals surface area contributed by atoms with Crippen molar-refractivity contribution in [2.24, 2.45) is 0 Å². The molecule has 1 atom stereocenters. The lowest BCUT2D eigenvalue weighted by molar-refractivity contribution is 0.133. The number of anilines is 1. The Balaban J connectivity index is 2.10. The Labute approximate surface area is 101 Å². The van der Waals surface area contributed by atoms with Gasteiger partial charge in [-0.25, -0.2) is 9.97 Å². The van der Waals surface area contributed by atoms with Gasteiger partial charge in [0.25, 0.3) is 0 Å². The van der Waals surface area contributed by atoms with Gasteiger partial charge < -0.3 is 9.64 Å². The molecule has 2 rings (SSSR count). The molecule has 0 amide bonds. The molecule has 5 heteroatoms. The van der Waals surface area contributed by atoms with Gasteiger partial charge >= 0.3 is 0 Å². The lowest BCUT2D eigenvalue weighted by atomic mass is 10.2. The summed E-state index contributed by atoms with van der Waals surface area (Å²) in [5.74, 6) is 0.784. The summed E-state index contributed by atoms with van der Waals surface area (Å²) < 4.78 is 5.48. The van der Waals surface area contributed by atoms with E-state index in [1.807, 2.05) is 6.92 Å². The normalized spacial score (nSPS) is 20.4. The Kier molecular flexibility index (Phi) is 3.96. The molecule has 1 aliphatic rings. The van der Waals surface area contributed by atoms with Crippen LogP contribution in [0.2, 0.25) is 5.15 Å². The van der Waals surface area contributed by atoms with Crippen LogP contribution in [0, 0.1) is 0 Å². The molecule has 0 N–H and O–H groups in total. The van der Waals surface area contributed by atoms with Crippen molar-refractivity contribution in [1.29, 1.82) is 0 Å². The van der Waals surface area contributed by atoms with Gasteiger partial charge in [0, 0.05) is 25.5 Å². The van der Waals surface area contributed by atoms with Gasteiger partial charge in [-0.3, -0.25) is 0 Å². The minimum atomic E-state index is 0.383. The highest BCUT2D eigenvalue weighted by Crippen LogP contribution is 2.28. The fourth-order valence-electron chi connectivity index (χ4n) is 2.05. The van der Waals surface area contributed by atoms with Crippen molar-refractivity contribution in [1.82, 2.24) is 9.97 Å². The first-order chi connectivity index (χ1) is 7.83. The van der Waals surface area contributed by atoms with Crippen LogP contribution in [-0.2, 0) is 4.74 Å². The third kappa shape index (κ3) is 2.44. The maximum Gasteiger partial charge on any atom is 0.171 e. The molecular formula is C11H16ClN3O. The van der Waals surface area contributed by atoms with Gasteiger partial charge in [-0.15, -0.1) is 0 Å². The second-order valence-corrected chi connectivity index (χ2v) is 4.18. The molecule has 1 fully saturated rings. The molecule has 1 aliphatic heterocycles. The van der Waals surface area contributed by atoms with Crippen LogP contribution in [0.15, 0.2) is 12.4 Å². The van der Waals surface area contributed by atoms with Crippen LogP contribution >= 0.6 is 11.6 Å². The maximum atomic E-state index is 6.05. The van der Waals surface area contributed by atoms with Crippen LogP contribution in [-0.4, -0.2) is 35.8 Å². The largest absolute Gasteiger partial charge is 0.380 e. The number of hydrogen-bond acceptors (Lipinski definition) is 4. The molecule has 1 saturated heterocycles. The van der Waals surface area contributed by atoms with E-state index in [4.69, 9.17) is 16.3 Å². The molecule has 1 aromatic rings. The third-order valence-corrected chi connectivity index (χ3v) is 3.07. The fraction of sp³-hybridized carbons (Fsp3) is 0.636. The maximum absolute atomic E-state index is 6.05. The Morgan fingerprint density at radius 3 is 3.06 bits per heavy atom. The van der Waals surface area contributed by atoms with Crippen LogP contribution in [0.5, 0.6) is 0 Å². The number of aromatic nitrogens is 2. The Morgan fingerprint density at radius 2 is 2.31 bits per heavy atom. The molecule has 0 saturated carbocycles. The molecule has 0 bridgehead atoms. The molecule has 0 spiro atoms. The van der Waals surface area contributed by atoms with Gasteiger partial charge in [0.2, 0.25) is 0 Å². The van der Waals surface area contributed by atoms with Gasteiger partial charge in [-0.05, 0) is 19.8 Å². The smallest absolute Gasteiger partial charge is 0.171 e. The first kappa shape index (κ1) is 11.6. The lowest BCUT2D eigenvalue weighted by Gasteiger charge is -2.25. The second-order valence-electron chi connectivity index (χ2n) is 3.82. The van der Waals surface area contributed by atoms with Crippen molar-refractivity contribution < 1.29 is 4.74 Å². The highest BCUT2D eigenvalue weighted by atomic mass is 35.5. The monoisotopic (exact) mass is 241 g/mol. The van der Waals surface area contributed by atoms with E-state index in [1.165, 1.54) is 0 Å². The van der Waals surface area contributed by atoms with E-state index in [-0.39, 0.29) is 0 Å². The summed E-state index contributed by atoms with van der Waals surface area (Å²) in [6.45, 7) is 4.48. The Bertz CT molecular complexity index is 348. The van der Waals surface area contributed by atoms with Crippen LogP contribution in [0.3, 0.4) is 0 Å². The Morgan fingerprint density at radius 1 is 1.50 bits per heavy atom. The van der Waals surface area contributed by atoms with E-state index in [1.54, 1.807) is 12.4 Å². The Hall–Kier alpha value is -0.870. The molecule has 16 heavy (non-hydrogen) atoms. The summed E-state index contributed by atoms with van der Waals surface area (Å²) in [5, 5.41) is 0.478. The van der Waals surface area contributed by atoms with Crippen molar-refractivity contribution >= 4 is 17.4 Å². The van der Waals surface area contributed by atoms with E-state index in [0.29, 0.717) is 11.2 Å². The topological polar surface area (TPSA) is 38.2 Å². The summed E-state index contributed by atoms with van der Waals surface area (Å²) in [7, 11) is 0. The predicted octanol–water partition coefficient (Wildman–Crippen LogP) is 2.14. The fourth-order valence-corrected chi connectivity index (χ4v) is 2.26. The molecule has 4 nitrogen and oxygen atoms in total. The lowest BCUT2D eigenvalue weighted by Crippen LogP contribution is -2.34. The van der Waals surface area contributed by atoms with Gasteiger partial charge in [-0.1, -0.05) is 11.6 Å². The van der Waals surface area contributed by atoms with E-state index in [2.05, 4.69) is 14.9 Å². The zero-order valence-electron chi connectivity index (χ0n) is 9.40. The van der Waals surface area contributed by atoms with E-state index in [0.717, 1.165) is 38.4 Å². The van der Waals surface area contributed by atoms with Crippen molar-refractivity contribution in [3.05, 3.63) is 17.5 Å². The van der Waals surface area contributed by atoms with Crippen LogP contribution in [0.1, 0.15) is 19.8 Å². The molecule has 0 aliphatic carbocycles. The summed E-state index contributed by atoms with van der Waals surface area (Å²) in [6, 6.07) is 0.383. The zero-order chi connectivity index (χ0) is 11.4. The molecule has 88 valence electrons. The summed E-state index contributed by atoms with van der Waals surface area (Å²) >= 11 is 6.05. The van der Waals surface area contributed by atoms with Gasteiger partial charge in [0.15, 0.2) is 11.0 Å². The van der Waals surface area contributed by atoms with Gasteiger partial charge in [-0.2, -0.15) is 0 Å². The molecule has 2 heterocycles. The highest BCUT2D eigenvalue weighted by molar-refractivity contribution is 6.31. The first-order valence-electron chi connectivity index (χ1n) is 5.63. The number of nitrogens with zero attached hydrogens (tertiary/aromatic N) is 3. The molecule has 0 radical (unpaired) electrons. The second kappa shape index (κ2) is 5.46. The molecular weight excluding hydrogens is 226 g/mol. The minimum Gasteiger partial charge on any atom is -0.380 e. The van der Waals surface area contributed by atoms with E-state index >= 15 is 0 Å². The van der Waals surface area contributed by atoms with Gasteiger partial charge in [0.1, 0.15) is 0 Å². The quantitative estimate of drug-likeness (QED) is 0.810. The predicted molar refractivity (Wildman–Crippen MR) is 63.9 cm³/mol. The van der Waals surface area contributed by atoms with Crippen molar-refractivity contribution in [3.8, 4) is 0 Å². The number of hydrogen-bond donors (Lipinski definition) is 0. The van der Waals surface area contributed by atoms with Crippen LogP contribution in [0.4, 0.5) is 5.82 Å². The van der Waals surface area contributed by atoms with Crippen molar-refractivity contribution in [2.45, 2.75) is 25.8 Å². The van der Waals surface area contributed by atoms with Crippen molar-refractivity contribution in [2.75, 3.05) is 24.7 Å². The average molecular weight is 242 g/mol. The average Bonchev–Trinajstić information content (AvgIpc) is 2.75. The van der Waals surface area contributed by atoms with Crippen LogP contribution in [0.25, 0.3) is 0 Å². The number of halogens is 1. The molecule has 0 aromatic carbocycles. The number of rotatable bonds is 4. The summed E-state index contributed by atoms with van der Waals surface area (Å²) in [6.07, 6.45) is 5.58. The van der Waals surface area contributed by atoms with E-state index < -0.39 is 0 Å². The summed E-state index contributed by atoms with van der Waals surface area (Å²) in [5.41, 5.74) is 0. The standard InChI is InChI=1S/C11H16ClN3O/c1-2-16-8-9-4-3-7-15(9)11-10(12)13-5-6-14-11/h5-6,9H,2-4,7-8H2,1H3/t9-/m1/s1. The molecule has 0 unspecified atom stereocenters. The summed E-state index contributed by atoms with van der Waals surface area (Å²) in [4.78, 5) is 10.6. The third-order valence-electron chi connectivity index (χ3n) is 2.80. The SMILES string of the molecule is CCOC[C@H]1CCCN1c1nccnc1Cl.